The van der Waals surface area contributed by atoms with Gasteiger partial charge in [-0.05, 0) is 18.5 Å². The van der Waals surface area contributed by atoms with Crippen LogP contribution >= 0.6 is 11.6 Å². The van der Waals surface area contributed by atoms with E-state index < -0.39 is 18.6 Å². The first kappa shape index (κ1) is 2.46. The van der Waals surface area contributed by atoms with Crippen molar-refractivity contribution in [3.8, 4) is 0 Å². The molecule has 3 heteroatoms. The van der Waals surface area contributed by atoms with Crippen molar-refractivity contribution in [3.05, 3.63) is 22.8 Å². The van der Waals surface area contributed by atoms with E-state index in [0.717, 1.165) is 0 Å². The molecule has 2 nitrogen and oxygen atoms in total. The maximum absolute atomic E-state index is 7.31. The molecular formula is C6H7ClN2. The van der Waals surface area contributed by atoms with E-state index in [0.29, 0.717) is 0 Å². The molecule has 0 spiro atoms. The summed E-state index contributed by atoms with van der Waals surface area (Å²) >= 11 is 5.60. The third-order valence-corrected chi connectivity index (χ3v) is 1.03. The van der Waals surface area contributed by atoms with Crippen LogP contribution in [0.3, 0.4) is 0 Å². The molecule has 1 rings (SSSR count). The van der Waals surface area contributed by atoms with Crippen LogP contribution < -0.4 is 5.73 Å². The van der Waals surface area contributed by atoms with Gasteiger partial charge in [-0.3, -0.25) is 0 Å². The second-order valence-electron chi connectivity index (χ2n) is 1.42. The summed E-state index contributed by atoms with van der Waals surface area (Å²) in [4.78, 5) is 3.41. The number of nitrogens with two attached hydrogens (primary N) is 1. The predicted molar refractivity (Wildman–Crippen MR) is 38.4 cm³/mol. The summed E-state index contributed by atoms with van der Waals surface area (Å²) in [5.74, 6) is -0.243. The summed E-state index contributed by atoms with van der Waals surface area (Å²) < 4.78 is 35.9. The second kappa shape index (κ2) is 2.23. The number of hydrogen-bond donors (Lipinski definition) is 1. The van der Waals surface area contributed by atoms with Crippen LogP contribution in [0.4, 0.5) is 5.82 Å². The van der Waals surface area contributed by atoms with Crippen molar-refractivity contribution in [1.82, 2.24) is 4.98 Å². The Morgan fingerprint density at radius 3 is 3.44 bits per heavy atom. The van der Waals surface area contributed by atoms with Gasteiger partial charge in [-0.1, -0.05) is 11.6 Å². The highest BCUT2D eigenvalue weighted by Crippen LogP contribution is 2.14. The first-order valence-corrected chi connectivity index (χ1v) is 2.55. The zero-order chi connectivity index (χ0) is 11.1. The fourth-order valence-corrected chi connectivity index (χ4v) is 0.507. The van der Waals surface area contributed by atoms with Gasteiger partial charge in [-0.15, -0.1) is 0 Å². The molecule has 0 bridgehead atoms. The molecule has 0 radical (unpaired) electrons. The quantitative estimate of drug-likeness (QED) is 0.606. The molecule has 0 fully saturated rings. The molecule has 48 valence electrons. The molecular weight excluding hydrogens is 136 g/mol. The second-order valence-corrected chi connectivity index (χ2v) is 1.80. The van der Waals surface area contributed by atoms with E-state index >= 15 is 0 Å². The van der Waals surface area contributed by atoms with Gasteiger partial charge in [0.05, 0.1) is 2.74 Å². The van der Waals surface area contributed by atoms with Crippen molar-refractivity contribution in [1.29, 1.82) is 0 Å². The van der Waals surface area contributed by atoms with Gasteiger partial charge in [-0.25, -0.2) is 4.98 Å². The van der Waals surface area contributed by atoms with Gasteiger partial charge in [0, 0.05) is 15.3 Å². The third-order valence-electron chi connectivity index (χ3n) is 0.745. The minimum Gasteiger partial charge on any atom is -0.384 e. The molecule has 0 aliphatic carbocycles. The Balaban J connectivity index is 3.53. The molecule has 0 atom stereocenters. The topological polar surface area (TPSA) is 38.9 Å². The van der Waals surface area contributed by atoms with Crippen LogP contribution in [0.1, 0.15) is 12.4 Å². The Morgan fingerprint density at radius 2 is 2.78 bits per heavy atom. The van der Waals surface area contributed by atoms with E-state index in [1.165, 1.54) is 0 Å². The fraction of sp³-hybridized carbons (Fsp3) is 0.167. The zero-order valence-electron chi connectivity index (χ0n) is 9.40. The average molecular weight is 148 g/mol. The van der Waals surface area contributed by atoms with E-state index in [9.17, 15) is 0 Å². The Labute approximate surface area is 65.7 Å². The van der Waals surface area contributed by atoms with Crippen molar-refractivity contribution in [2.45, 2.75) is 6.85 Å². The fourth-order valence-electron chi connectivity index (χ4n) is 0.368. The first-order chi connectivity index (χ1) is 6.25. The van der Waals surface area contributed by atoms with Gasteiger partial charge in [0.15, 0.2) is 0 Å². The number of hydrogen-bond acceptors (Lipinski definition) is 2. The van der Waals surface area contributed by atoms with Crippen molar-refractivity contribution < 1.29 is 6.85 Å². The lowest BCUT2D eigenvalue weighted by atomic mass is 10.3. The highest BCUT2D eigenvalue weighted by molar-refractivity contribution is 6.31. The summed E-state index contributed by atoms with van der Waals surface area (Å²) in [6.07, 6.45) is -0.511. The lowest BCUT2D eigenvalue weighted by molar-refractivity contribution is 1.28. The molecule has 1 heterocycles. The highest BCUT2D eigenvalue weighted by Gasteiger charge is 1.93. The van der Waals surface area contributed by atoms with E-state index in [-0.39, 0.29) is 16.9 Å². The van der Waals surface area contributed by atoms with Crippen molar-refractivity contribution in [2.75, 3.05) is 5.73 Å². The minimum atomic E-state index is -2.55. The molecule has 0 unspecified atom stereocenters. The van der Waals surface area contributed by atoms with Crippen LogP contribution in [-0.2, 0) is 0 Å². The smallest absolute Gasteiger partial charge is 0.124 e. The SMILES string of the molecule is [2H]c1nc(N)c([2H])c(Cl)c1C([2H])([2H])[2H]. The summed E-state index contributed by atoms with van der Waals surface area (Å²) in [5, 5.41) is -0.331. The monoisotopic (exact) mass is 147 g/mol. The molecule has 1 aromatic heterocycles. The molecule has 0 aromatic carbocycles. The Kier molecular flexibility index (Phi) is 0.611. The lowest BCUT2D eigenvalue weighted by Gasteiger charge is -1.95. The zero-order valence-corrected chi connectivity index (χ0v) is 5.16. The van der Waals surface area contributed by atoms with E-state index in [4.69, 9.17) is 24.2 Å². The largest absolute Gasteiger partial charge is 0.384 e. The summed E-state index contributed by atoms with van der Waals surface area (Å²) in [7, 11) is 0. The number of nitrogen functional groups attached to an aromatic ring is 1. The molecule has 2 N–H and O–H groups in total. The van der Waals surface area contributed by atoms with Crippen molar-refractivity contribution in [3.63, 3.8) is 0 Å². The molecule has 1 aromatic rings. The van der Waals surface area contributed by atoms with Crippen LogP contribution in [0.25, 0.3) is 0 Å². The normalized spacial score (nSPS) is 19.0. The Hall–Kier alpha value is -0.760. The van der Waals surface area contributed by atoms with Gasteiger partial charge in [0.25, 0.3) is 0 Å². The van der Waals surface area contributed by atoms with Crippen LogP contribution in [0.5, 0.6) is 0 Å². The third kappa shape index (κ3) is 1.33. The maximum Gasteiger partial charge on any atom is 0.124 e. The number of aromatic nitrogens is 1. The lowest BCUT2D eigenvalue weighted by Crippen LogP contribution is -1.89. The van der Waals surface area contributed by atoms with Crippen molar-refractivity contribution >= 4 is 17.4 Å². The van der Waals surface area contributed by atoms with Gasteiger partial charge >= 0.3 is 0 Å². The van der Waals surface area contributed by atoms with Gasteiger partial charge in [-0.2, -0.15) is 0 Å². The summed E-state index contributed by atoms with van der Waals surface area (Å²) in [6, 6.07) is -0.353. The van der Waals surface area contributed by atoms with Crippen LogP contribution in [-0.4, -0.2) is 4.98 Å². The number of rotatable bonds is 0. The molecule has 0 aliphatic rings. The maximum atomic E-state index is 7.31. The number of nitrogens with zero attached hydrogens (tertiary/aromatic N) is 1. The standard InChI is InChI=1S/C6H7ClN2/c1-4-3-9-6(8)2-5(4)7/h2-3H,1H3,(H2,8,9)/i1D3,2D,3D. The van der Waals surface area contributed by atoms with Crippen LogP contribution in [0, 0.1) is 6.85 Å². The van der Waals surface area contributed by atoms with E-state index in [1.807, 2.05) is 0 Å². The minimum absolute atomic E-state index is 0.243. The summed E-state index contributed by atoms with van der Waals surface area (Å²) in [6.45, 7) is -2.55. The van der Waals surface area contributed by atoms with Gasteiger partial charge in [0.2, 0.25) is 0 Å². The number of anilines is 1. The Morgan fingerprint density at radius 1 is 2.00 bits per heavy atom. The molecule has 0 amide bonds. The van der Waals surface area contributed by atoms with Gasteiger partial charge in [0.1, 0.15) is 5.82 Å². The molecule has 0 saturated carbocycles. The molecule has 0 aliphatic heterocycles. The van der Waals surface area contributed by atoms with E-state index in [2.05, 4.69) is 4.98 Å². The van der Waals surface area contributed by atoms with Crippen molar-refractivity contribution in [2.24, 2.45) is 0 Å². The predicted octanol–water partition coefficient (Wildman–Crippen LogP) is 1.63. The number of halogens is 1. The summed E-state index contributed by atoms with van der Waals surface area (Å²) in [5.41, 5.74) is 4.81. The van der Waals surface area contributed by atoms with Crippen LogP contribution in [0.15, 0.2) is 12.2 Å². The van der Waals surface area contributed by atoms with Crippen LogP contribution in [0.2, 0.25) is 5.02 Å². The van der Waals surface area contributed by atoms with E-state index in [1.54, 1.807) is 0 Å². The number of pyridine rings is 1. The van der Waals surface area contributed by atoms with Gasteiger partial charge < -0.3 is 5.73 Å². The Bertz CT molecular complexity index is 375. The molecule has 0 saturated heterocycles. The average Bonchev–Trinajstić information content (AvgIpc) is 1.97. The molecule has 9 heavy (non-hydrogen) atoms. The highest BCUT2D eigenvalue weighted by atomic mass is 35.5. The first-order valence-electron chi connectivity index (χ1n) is 4.67.